The fourth-order valence-corrected chi connectivity index (χ4v) is 3.90. The van der Waals surface area contributed by atoms with Crippen LogP contribution in [0, 0.1) is 0 Å². The molecule has 2 atom stereocenters. The smallest absolute Gasteiger partial charge is 0.378 e. The Labute approximate surface area is 181 Å². The van der Waals surface area contributed by atoms with Gasteiger partial charge in [0.15, 0.2) is 5.76 Å². The lowest BCUT2D eigenvalue weighted by atomic mass is 9.88. The van der Waals surface area contributed by atoms with Gasteiger partial charge in [-0.2, -0.15) is 0 Å². The number of allylic oxidation sites excluding steroid dienone is 2. The van der Waals surface area contributed by atoms with Crippen LogP contribution >= 0.6 is 0 Å². The molecular formula is C24H42O6. The zero-order chi connectivity index (χ0) is 22.2. The third-order valence-electron chi connectivity index (χ3n) is 5.86. The van der Waals surface area contributed by atoms with Gasteiger partial charge < -0.3 is 25.2 Å². The van der Waals surface area contributed by atoms with Crippen LogP contribution in [0.5, 0.6) is 0 Å². The van der Waals surface area contributed by atoms with Crippen LogP contribution in [0.4, 0.5) is 0 Å². The second-order valence-corrected chi connectivity index (χ2v) is 8.36. The Balaban J connectivity index is 2.07. The molecule has 6 heteroatoms. The SMILES string of the molecule is CCCCCCCC/C=C\CCCCCCCC[C@]1([C@@H](O)CO)OC(=O)C(O)=C1O. The Morgan fingerprint density at radius 1 is 0.867 bits per heavy atom. The van der Waals surface area contributed by atoms with Gasteiger partial charge in [-0.15, -0.1) is 0 Å². The number of hydrogen-bond acceptors (Lipinski definition) is 6. The largest absolute Gasteiger partial charge is 0.505 e. The van der Waals surface area contributed by atoms with Crippen molar-refractivity contribution in [3.05, 3.63) is 23.7 Å². The van der Waals surface area contributed by atoms with Crippen LogP contribution in [-0.2, 0) is 9.53 Å². The van der Waals surface area contributed by atoms with Gasteiger partial charge in [-0.3, -0.25) is 0 Å². The fraction of sp³-hybridized carbons (Fsp3) is 0.792. The summed E-state index contributed by atoms with van der Waals surface area (Å²) in [6.45, 7) is 1.57. The molecule has 6 nitrogen and oxygen atoms in total. The number of unbranched alkanes of at least 4 members (excludes halogenated alkanes) is 12. The lowest BCUT2D eigenvalue weighted by molar-refractivity contribution is -0.165. The molecule has 1 heterocycles. The van der Waals surface area contributed by atoms with Crippen molar-refractivity contribution in [2.75, 3.05) is 6.61 Å². The van der Waals surface area contributed by atoms with Crippen molar-refractivity contribution < 1.29 is 30.0 Å². The summed E-state index contributed by atoms with van der Waals surface area (Å²) in [5, 5.41) is 38.8. The van der Waals surface area contributed by atoms with E-state index in [1.807, 2.05) is 0 Å². The maximum Gasteiger partial charge on any atom is 0.378 e. The molecule has 0 saturated heterocycles. The first-order valence-electron chi connectivity index (χ1n) is 11.8. The summed E-state index contributed by atoms with van der Waals surface area (Å²) in [6, 6.07) is 0. The number of esters is 1. The molecule has 1 aliphatic rings. The van der Waals surface area contributed by atoms with Gasteiger partial charge in [-0.05, 0) is 38.5 Å². The molecular weight excluding hydrogens is 384 g/mol. The Kier molecular flexibility index (Phi) is 13.5. The summed E-state index contributed by atoms with van der Waals surface area (Å²) in [6.07, 6.45) is 19.6. The van der Waals surface area contributed by atoms with Crippen molar-refractivity contribution in [2.24, 2.45) is 0 Å². The molecule has 0 spiro atoms. The molecule has 0 fully saturated rings. The van der Waals surface area contributed by atoms with Crippen LogP contribution < -0.4 is 0 Å². The molecule has 0 amide bonds. The molecule has 0 aromatic rings. The Hall–Kier alpha value is -1.53. The van der Waals surface area contributed by atoms with Crippen molar-refractivity contribution in [1.29, 1.82) is 0 Å². The number of hydrogen-bond donors (Lipinski definition) is 4. The summed E-state index contributed by atoms with van der Waals surface area (Å²) in [5.41, 5.74) is -1.73. The van der Waals surface area contributed by atoms with Gasteiger partial charge in [-0.25, -0.2) is 4.79 Å². The minimum absolute atomic E-state index is 0.164. The van der Waals surface area contributed by atoms with Crippen molar-refractivity contribution in [3.8, 4) is 0 Å². The van der Waals surface area contributed by atoms with Crippen molar-refractivity contribution >= 4 is 5.97 Å². The third kappa shape index (κ3) is 8.68. The van der Waals surface area contributed by atoms with Gasteiger partial charge in [-0.1, -0.05) is 76.9 Å². The highest BCUT2D eigenvalue weighted by Gasteiger charge is 2.53. The monoisotopic (exact) mass is 426 g/mol. The minimum atomic E-state index is -1.73. The van der Waals surface area contributed by atoms with E-state index in [2.05, 4.69) is 19.1 Å². The van der Waals surface area contributed by atoms with Gasteiger partial charge in [0.05, 0.1) is 6.61 Å². The van der Waals surface area contributed by atoms with E-state index in [0.29, 0.717) is 6.42 Å². The van der Waals surface area contributed by atoms with E-state index >= 15 is 0 Å². The normalized spacial score (nSPS) is 20.3. The van der Waals surface area contributed by atoms with E-state index in [1.54, 1.807) is 0 Å². The molecule has 0 aromatic carbocycles. The Morgan fingerprint density at radius 3 is 1.83 bits per heavy atom. The zero-order valence-electron chi connectivity index (χ0n) is 18.7. The number of rotatable bonds is 18. The molecule has 1 rings (SSSR count). The lowest BCUT2D eigenvalue weighted by Gasteiger charge is -2.31. The van der Waals surface area contributed by atoms with Crippen molar-refractivity contribution in [3.63, 3.8) is 0 Å². The van der Waals surface area contributed by atoms with Gasteiger partial charge >= 0.3 is 5.97 Å². The van der Waals surface area contributed by atoms with Gasteiger partial charge in [0.25, 0.3) is 0 Å². The molecule has 0 unspecified atom stereocenters. The van der Waals surface area contributed by atoms with Crippen molar-refractivity contribution in [1.82, 2.24) is 0 Å². The first-order chi connectivity index (χ1) is 14.5. The summed E-state index contributed by atoms with van der Waals surface area (Å²) < 4.78 is 5.02. The summed E-state index contributed by atoms with van der Waals surface area (Å²) in [4.78, 5) is 11.5. The van der Waals surface area contributed by atoms with E-state index in [4.69, 9.17) is 4.74 Å². The Bertz CT molecular complexity index is 542. The lowest BCUT2D eigenvalue weighted by Crippen LogP contribution is -2.47. The highest BCUT2D eigenvalue weighted by molar-refractivity contribution is 5.90. The van der Waals surface area contributed by atoms with E-state index in [9.17, 15) is 25.2 Å². The first kappa shape index (κ1) is 26.5. The molecule has 0 aliphatic carbocycles. The quantitative estimate of drug-likeness (QED) is 0.133. The van der Waals surface area contributed by atoms with Gasteiger partial charge in [0.2, 0.25) is 11.4 Å². The van der Waals surface area contributed by atoms with Crippen LogP contribution in [0.2, 0.25) is 0 Å². The summed E-state index contributed by atoms with van der Waals surface area (Å²) in [7, 11) is 0. The average Bonchev–Trinajstić information content (AvgIpc) is 2.97. The van der Waals surface area contributed by atoms with Crippen LogP contribution in [-0.4, -0.2) is 44.7 Å². The van der Waals surface area contributed by atoms with Crippen LogP contribution in [0.15, 0.2) is 23.7 Å². The number of ether oxygens (including phenoxy) is 1. The number of cyclic esters (lactones) is 1. The molecule has 0 bridgehead atoms. The van der Waals surface area contributed by atoms with Crippen LogP contribution in [0.1, 0.15) is 103 Å². The number of carbonyl (C=O) groups excluding carboxylic acids is 1. The zero-order valence-corrected chi connectivity index (χ0v) is 18.7. The van der Waals surface area contributed by atoms with E-state index < -0.39 is 35.8 Å². The topological polar surface area (TPSA) is 107 Å². The maximum absolute atomic E-state index is 11.5. The molecule has 174 valence electrons. The molecule has 0 saturated carbocycles. The van der Waals surface area contributed by atoms with E-state index in [-0.39, 0.29) is 6.42 Å². The number of aliphatic hydroxyl groups is 4. The standard InChI is InChI=1S/C24H42O6/c1-2-3-4-5-6-7-8-9-10-11-12-13-14-15-16-17-18-24(20(26)19-25)22(28)21(27)23(29)30-24/h9-10,20,25-28H,2-8,11-19H2,1H3/b10-9-/t20-,24+/m0/s1. The third-order valence-corrected chi connectivity index (χ3v) is 5.86. The summed E-state index contributed by atoms with van der Waals surface area (Å²) in [5.74, 6) is -2.63. The second-order valence-electron chi connectivity index (χ2n) is 8.36. The minimum Gasteiger partial charge on any atom is -0.505 e. The number of aliphatic hydroxyl groups excluding tert-OH is 4. The van der Waals surface area contributed by atoms with Crippen LogP contribution in [0.3, 0.4) is 0 Å². The molecule has 1 aliphatic heterocycles. The van der Waals surface area contributed by atoms with E-state index in [1.165, 1.54) is 51.4 Å². The highest BCUT2D eigenvalue weighted by Crippen LogP contribution is 2.37. The van der Waals surface area contributed by atoms with Gasteiger partial charge in [0, 0.05) is 0 Å². The molecule has 4 N–H and O–H groups in total. The maximum atomic E-state index is 11.5. The Morgan fingerprint density at radius 2 is 1.37 bits per heavy atom. The summed E-state index contributed by atoms with van der Waals surface area (Å²) >= 11 is 0. The first-order valence-corrected chi connectivity index (χ1v) is 11.8. The second kappa shape index (κ2) is 15.3. The number of carbonyl (C=O) groups is 1. The van der Waals surface area contributed by atoms with Gasteiger partial charge in [0.1, 0.15) is 6.10 Å². The molecule has 30 heavy (non-hydrogen) atoms. The average molecular weight is 427 g/mol. The molecule has 0 radical (unpaired) electrons. The van der Waals surface area contributed by atoms with Crippen LogP contribution in [0.25, 0.3) is 0 Å². The van der Waals surface area contributed by atoms with Crippen molar-refractivity contribution in [2.45, 2.75) is 115 Å². The predicted octanol–water partition coefficient (Wildman–Crippen LogP) is 5.39. The predicted molar refractivity (Wildman–Crippen MR) is 118 cm³/mol. The van der Waals surface area contributed by atoms with E-state index in [0.717, 1.165) is 32.1 Å². The highest BCUT2D eigenvalue weighted by atomic mass is 16.6. The fourth-order valence-electron chi connectivity index (χ4n) is 3.90. The molecule has 0 aromatic heterocycles.